The van der Waals surface area contributed by atoms with Crippen LogP contribution >= 0.6 is 11.6 Å². The van der Waals surface area contributed by atoms with Crippen molar-refractivity contribution in [2.75, 3.05) is 23.8 Å². The largest absolute Gasteiger partial charge is 0.378 e. The van der Waals surface area contributed by atoms with Crippen LogP contribution in [0.1, 0.15) is 43.8 Å². The maximum Gasteiger partial charge on any atom is 0.257 e. The molecule has 2 N–H and O–H groups in total. The molecule has 1 heterocycles. The van der Waals surface area contributed by atoms with E-state index in [1.54, 1.807) is 6.07 Å². The Morgan fingerprint density at radius 2 is 2.05 bits per heavy atom. The summed E-state index contributed by atoms with van der Waals surface area (Å²) in [5, 5.41) is 13.1. The zero-order chi connectivity index (χ0) is 15.0. The number of halogens is 1. The number of nitrogens with zero attached hydrogens (tertiary/aromatic N) is 1. The molecule has 21 heavy (non-hydrogen) atoms. The second kappa shape index (κ2) is 5.85. The third-order valence-electron chi connectivity index (χ3n) is 4.59. The maximum absolute atomic E-state index is 11.5. The van der Waals surface area contributed by atoms with Crippen molar-refractivity contribution in [1.29, 1.82) is 0 Å². The summed E-state index contributed by atoms with van der Waals surface area (Å²) >= 11 is 6.34. The van der Waals surface area contributed by atoms with Crippen LogP contribution in [0.5, 0.6) is 0 Å². The summed E-state index contributed by atoms with van der Waals surface area (Å²) in [5.74, 6) is 0.335. The average Bonchev–Trinajstić information content (AvgIpc) is 2.74. The second-order valence-electron chi connectivity index (χ2n) is 6.17. The Morgan fingerprint density at radius 1 is 1.33 bits per heavy atom. The van der Waals surface area contributed by atoms with Crippen molar-refractivity contribution in [1.82, 2.24) is 0 Å². The Bertz CT molecular complexity index is 555. The molecule has 1 aliphatic heterocycles. The Balaban J connectivity index is 1.79. The van der Waals surface area contributed by atoms with Crippen LogP contribution in [0, 0.1) is 5.92 Å². The lowest BCUT2D eigenvalue weighted by Gasteiger charge is -2.29. The molecule has 5 heteroatoms. The molecule has 1 fully saturated rings. The topological polar surface area (TPSA) is 52.6 Å². The van der Waals surface area contributed by atoms with Gasteiger partial charge in [0, 0.05) is 24.8 Å². The molecular formula is C16H21ClN2O2. The Hall–Kier alpha value is -1.26. The number of carbonyl (C=O) groups is 1. The van der Waals surface area contributed by atoms with Gasteiger partial charge in [-0.2, -0.15) is 0 Å². The first-order valence-electron chi connectivity index (χ1n) is 7.60. The standard InChI is InChI=1S/C16H21ClN2O2/c1-19(9-10-5-3-2-4-6-10)14-8-13-11(7-12(14)17)15(20)16(21)18-13/h7-8,10,15,20H,2-6,9H2,1H3,(H,18,21). The summed E-state index contributed by atoms with van der Waals surface area (Å²) in [6.45, 7) is 0.981. The molecule has 0 saturated heterocycles. The molecule has 0 spiro atoms. The third-order valence-corrected chi connectivity index (χ3v) is 4.89. The van der Waals surface area contributed by atoms with Crippen LogP contribution in [0.3, 0.4) is 0 Å². The van der Waals surface area contributed by atoms with Gasteiger partial charge in [-0.15, -0.1) is 0 Å². The summed E-state index contributed by atoms with van der Waals surface area (Å²) in [6.07, 6.45) is 5.45. The van der Waals surface area contributed by atoms with Crippen LogP contribution in [-0.4, -0.2) is 24.6 Å². The summed E-state index contributed by atoms with van der Waals surface area (Å²) in [4.78, 5) is 13.7. The summed E-state index contributed by atoms with van der Waals surface area (Å²) in [7, 11) is 2.04. The van der Waals surface area contributed by atoms with E-state index in [4.69, 9.17) is 11.6 Å². The van der Waals surface area contributed by atoms with Gasteiger partial charge in [0.2, 0.25) is 0 Å². The fraction of sp³-hybridized carbons (Fsp3) is 0.562. The highest BCUT2D eigenvalue weighted by Crippen LogP contribution is 2.39. The number of rotatable bonds is 3. The minimum atomic E-state index is -1.10. The number of aliphatic hydroxyl groups is 1. The first-order chi connectivity index (χ1) is 10.1. The number of amides is 1. The molecule has 4 nitrogen and oxygen atoms in total. The summed E-state index contributed by atoms with van der Waals surface area (Å²) < 4.78 is 0. The number of nitrogens with one attached hydrogen (secondary N) is 1. The highest BCUT2D eigenvalue weighted by Gasteiger charge is 2.30. The lowest BCUT2D eigenvalue weighted by Crippen LogP contribution is -2.27. The predicted molar refractivity (Wildman–Crippen MR) is 84.9 cm³/mol. The molecule has 1 aliphatic carbocycles. The number of hydrogen-bond donors (Lipinski definition) is 2. The summed E-state index contributed by atoms with van der Waals surface area (Å²) in [5.41, 5.74) is 2.15. The van der Waals surface area contributed by atoms with E-state index in [1.165, 1.54) is 32.1 Å². The minimum Gasteiger partial charge on any atom is -0.378 e. The molecule has 1 unspecified atom stereocenters. The fourth-order valence-corrected chi connectivity index (χ4v) is 3.72. The van der Waals surface area contributed by atoms with Crippen LogP contribution in [0.25, 0.3) is 0 Å². The number of anilines is 2. The fourth-order valence-electron chi connectivity index (χ4n) is 3.40. The van der Waals surface area contributed by atoms with Crippen LogP contribution in [0.4, 0.5) is 11.4 Å². The molecule has 0 aromatic heterocycles. The van der Waals surface area contributed by atoms with Crippen molar-refractivity contribution in [2.24, 2.45) is 5.92 Å². The van der Waals surface area contributed by atoms with Crippen molar-refractivity contribution < 1.29 is 9.90 Å². The maximum atomic E-state index is 11.5. The van der Waals surface area contributed by atoms with Gasteiger partial charge < -0.3 is 15.3 Å². The molecule has 0 radical (unpaired) electrons. The van der Waals surface area contributed by atoms with E-state index in [2.05, 4.69) is 10.2 Å². The van der Waals surface area contributed by atoms with Crippen LogP contribution < -0.4 is 10.2 Å². The molecule has 1 saturated carbocycles. The van der Waals surface area contributed by atoms with Crippen molar-refractivity contribution in [3.63, 3.8) is 0 Å². The minimum absolute atomic E-state index is 0.381. The van der Waals surface area contributed by atoms with E-state index in [9.17, 15) is 9.90 Å². The van der Waals surface area contributed by atoms with Gasteiger partial charge in [0.1, 0.15) is 0 Å². The Labute approximate surface area is 130 Å². The lowest BCUT2D eigenvalue weighted by atomic mass is 9.89. The van der Waals surface area contributed by atoms with Gasteiger partial charge in [0.05, 0.1) is 10.7 Å². The van der Waals surface area contributed by atoms with Gasteiger partial charge in [0.25, 0.3) is 5.91 Å². The van der Waals surface area contributed by atoms with E-state index < -0.39 is 6.10 Å². The lowest BCUT2D eigenvalue weighted by molar-refractivity contribution is -0.123. The SMILES string of the molecule is CN(CC1CCCCC1)c1cc2c(cc1Cl)C(O)C(=O)N2. The van der Waals surface area contributed by atoms with Gasteiger partial charge in [-0.3, -0.25) is 4.79 Å². The molecule has 0 bridgehead atoms. The molecule has 1 aromatic rings. The van der Waals surface area contributed by atoms with Crippen molar-refractivity contribution in [3.8, 4) is 0 Å². The van der Waals surface area contributed by atoms with Crippen LogP contribution in [0.2, 0.25) is 5.02 Å². The Morgan fingerprint density at radius 3 is 2.76 bits per heavy atom. The highest BCUT2D eigenvalue weighted by molar-refractivity contribution is 6.33. The molecule has 3 rings (SSSR count). The molecule has 1 atom stereocenters. The van der Waals surface area contributed by atoms with Gasteiger partial charge in [-0.05, 0) is 30.9 Å². The van der Waals surface area contributed by atoms with Crippen molar-refractivity contribution in [2.45, 2.75) is 38.2 Å². The second-order valence-corrected chi connectivity index (χ2v) is 6.57. The van der Waals surface area contributed by atoms with Gasteiger partial charge in [-0.1, -0.05) is 30.9 Å². The number of carbonyl (C=O) groups excluding carboxylic acids is 1. The first-order valence-corrected chi connectivity index (χ1v) is 7.97. The number of fused-ring (bicyclic) bond motifs is 1. The number of aliphatic hydroxyl groups excluding tert-OH is 1. The molecular weight excluding hydrogens is 288 g/mol. The van der Waals surface area contributed by atoms with Gasteiger partial charge in [-0.25, -0.2) is 0 Å². The quantitative estimate of drug-likeness (QED) is 0.900. The summed E-state index contributed by atoms with van der Waals surface area (Å²) in [6, 6.07) is 3.57. The van der Waals surface area contributed by atoms with E-state index in [1.807, 2.05) is 13.1 Å². The molecule has 1 amide bonds. The third kappa shape index (κ3) is 2.87. The van der Waals surface area contributed by atoms with Crippen LogP contribution in [-0.2, 0) is 4.79 Å². The van der Waals surface area contributed by atoms with E-state index >= 15 is 0 Å². The predicted octanol–water partition coefficient (Wildman–Crippen LogP) is 3.34. The number of hydrogen-bond acceptors (Lipinski definition) is 3. The zero-order valence-electron chi connectivity index (χ0n) is 12.2. The van der Waals surface area contributed by atoms with E-state index in [-0.39, 0.29) is 5.91 Å². The van der Waals surface area contributed by atoms with Gasteiger partial charge >= 0.3 is 0 Å². The monoisotopic (exact) mass is 308 g/mol. The highest BCUT2D eigenvalue weighted by atomic mass is 35.5. The van der Waals surface area contributed by atoms with Gasteiger partial charge in [0.15, 0.2) is 6.10 Å². The molecule has 1 aromatic carbocycles. The Kier molecular flexibility index (Phi) is 4.09. The smallest absolute Gasteiger partial charge is 0.257 e. The zero-order valence-corrected chi connectivity index (χ0v) is 13.0. The van der Waals surface area contributed by atoms with Crippen LogP contribution in [0.15, 0.2) is 12.1 Å². The van der Waals surface area contributed by atoms with E-state index in [0.29, 0.717) is 22.2 Å². The molecule has 114 valence electrons. The molecule has 2 aliphatic rings. The first kappa shape index (κ1) is 14.7. The van der Waals surface area contributed by atoms with E-state index in [0.717, 1.165) is 12.2 Å². The normalized spacial score (nSPS) is 22.0. The van der Waals surface area contributed by atoms with Crippen molar-refractivity contribution in [3.05, 3.63) is 22.7 Å². The average molecular weight is 309 g/mol. The number of benzene rings is 1. The van der Waals surface area contributed by atoms with Crippen molar-refractivity contribution >= 4 is 28.9 Å².